The molecule has 148 valence electrons. The number of hydrogen-bond donors (Lipinski definition) is 0. The SMILES string of the molecule is O=CC1=CN2C(=CC1=C1C=CC(=O)C=C1)C(=O)C(c1ccccc1)=C2c1ccccc1. The van der Waals surface area contributed by atoms with Crippen LogP contribution in [-0.4, -0.2) is 22.8 Å². The summed E-state index contributed by atoms with van der Waals surface area (Å²) in [7, 11) is 0. The molecule has 0 fully saturated rings. The predicted octanol–water partition coefficient (Wildman–Crippen LogP) is 4.41. The highest BCUT2D eigenvalue weighted by Crippen LogP contribution is 2.44. The lowest BCUT2D eigenvalue weighted by Crippen LogP contribution is -2.19. The summed E-state index contributed by atoms with van der Waals surface area (Å²) in [5.41, 5.74) is 5.30. The maximum Gasteiger partial charge on any atom is 0.212 e. The summed E-state index contributed by atoms with van der Waals surface area (Å²) >= 11 is 0. The second-order valence-electron chi connectivity index (χ2n) is 7.32. The molecule has 31 heavy (non-hydrogen) atoms. The molecule has 0 saturated carbocycles. The molecule has 2 aromatic rings. The summed E-state index contributed by atoms with van der Waals surface area (Å²) in [5, 5.41) is 0. The first-order chi connectivity index (χ1) is 15.2. The highest BCUT2D eigenvalue weighted by Gasteiger charge is 2.38. The molecule has 5 rings (SSSR count). The lowest BCUT2D eigenvalue weighted by Gasteiger charge is -2.25. The van der Waals surface area contributed by atoms with Gasteiger partial charge in [0.1, 0.15) is 0 Å². The minimum absolute atomic E-state index is 0.107. The van der Waals surface area contributed by atoms with Gasteiger partial charge in [-0.25, -0.2) is 0 Å². The van der Waals surface area contributed by atoms with Crippen LogP contribution < -0.4 is 0 Å². The van der Waals surface area contributed by atoms with Gasteiger partial charge in [0.25, 0.3) is 0 Å². The molecule has 0 amide bonds. The van der Waals surface area contributed by atoms with Gasteiger partial charge in [-0.1, -0.05) is 72.8 Å². The van der Waals surface area contributed by atoms with Gasteiger partial charge in [0.05, 0.1) is 17.0 Å². The maximum atomic E-state index is 13.6. The van der Waals surface area contributed by atoms with Crippen molar-refractivity contribution in [3.8, 4) is 0 Å². The van der Waals surface area contributed by atoms with Crippen LogP contribution >= 0.6 is 0 Å². The van der Waals surface area contributed by atoms with E-state index in [9.17, 15) is 14.4 Å². The third-order valence-corrected chi connectivity index (χ3v) is 5.46. The van der Waals surface area contributed by atoms with E-state index in [1.807, 2.05) is 60.7 Å². The van der Waals surface area contributed by atoms with Crippen LogP contribution in [0.4, 0.5) is 0 Å². The number of benzene rings is 2. The fraction of sp³-hybridized carbons (Fsp3) is 0. The van der Waals surface area contributed by atoms with Gasteiger partial charge in [0.15, 0.2) is 12.1 Å². The average Bonchev–Trinajstić information content (AvgIpc) is 3.11. The quantitative estimate of drug-likeness (QED) is 0.713. The zero-order valence-electron chi connectivity index (χ0n) is 16.5. The Bertz CT molecular complexity index is 1280. The van der Waals surface area contributed by atoms with E-state index in [1.165, 1.54) is 12.2 Å². The van der Waals surface area contributed by atoms with Crippen LogP contribution in [0.1, 0.15) is 11.1 Å². The molecular formula is C27H17NO3. The molecule has 0 saturated heterocycles. The van der Waals surface area contributed by atoms with E-state index < -0.39 is 0 Å². The van der Waals surface area contributed by atoms with Gasteiger partial charge in [-0.3, -0.25) is 14.4 Å². The second-order valence-corrected chi connectivity index (χ2v) is 7.32. The minimum atomic E-state index is -0.109. The Morgan fingerprint density at radius 3 is 1.97 bits per heavy atom. The van der Waals surface area contributed by atoms with Gasteiger partial charge in [-0.2, -0.15) is 0 Å². The van der Waals surface area contributed by atoms with E-state index in [0.29, 0.717) is 28.0 Å². The summed E-state index contributed by atoms with van der Waals surface area (Å²) in [4.78, 5) is 38.9. The van der Waals surface area contributed by atoms with E-state index in [0.717, 1.165) is 23.1 Å². The third kappa shape index (κ3) is 3.15. The summed E-state index contributed by atoms with van der Waals surface area (Å²) in [5.74, 6) is -0.216. The van der Waals surface area contributed by atoms with Crippen molar-refractivity contribution in [1.29, 1.82) is 0 Å². The summed E-state index contributed by atoms with van der Waals surface area (Å²) < 4.78 is 0. The smallest absolute Gasteiger partial charge is 0.212 e. The van der Waals surface area contributed by atoms with Crippen LogP contribution in [0.15, 0.2) is 120 Å². The number of allylic oxidation sites excluding steroid dienone is 9. The number of Topliss-reactive ketones (excluding diaryl/α,β-unsaturated/α-hetero) is 1. The Hall–Kier alpha value is -4.31. The van der Waals surface area contributed by atoms with Crippen molar-refractivity contribution in [2.75, 3.05) is 0 Å². The number of fused-ring (bicyclic) bond motifs is 1. The zero-order chi connectivity index (χ0) is 21.4. The van der Waals surface area contributed by atoms with Crippen LogP contribution in [0.2, 0.25) is 0 Å². The topological polar surface area (TPSA) is 54.5 Å². The molecular weight excluding hydrogens is 386 g/mol. The third-order valence-electron chi connectivity index (χ3n) is 5.46. The number of hydrogen-bond acceptors (Lipinski definition) is 4. The Morgan fingerprint density at radius 1 is 0.742 bits per heavy atom. The fourth-order valence-electron chi connectivity index (χ4n) is 4.01. The molecule has 0 unspecified atom stereocenters. The predicted molar refractivity (Wildman–Crippen MR) is 119 cm³/mol. The molecule has 0 bridgehead atoms. The largest absolute Gasteiger partial charge is 0.312 e. The fourth-order valence-corrected chi connectivity index (χ4v) is 4.01. The average molecular weight is 403 g/mol. The van der Waals surface area contributed by atoms with Gasteiger partial charge in [0, 0.05) is 11.8 Å². The van der Waals surface area contributed by atoms with Crippen LogP contribution in [0.5, 0.6) is 0 Å². The van der Waals surface area contributed by atoms with Crippen LogP contribution in [0, 0.1) is 0 Å². The normalized spacial score (nSPS) is 17.7. The van der Waals surface area contributed by atoms with Crippen molar-refractivity contribution in [1.82, 2.24) is 4.90 Å². The van der Waals surface area contributed by atoms with E-state index >= 15 is 0 Å². The van der Waals surface area contributed by atoms with E-state index in [4.69, 9.17) is 0 Å². The molecule has 0 aromatic heterocycles. The maximum absolute atomic E-state index is 13.6. The molecule has 2 aliphatic heterocycles. The van der Waals surface area contributed by atoms with Crippen molar-refractivity contribution in [2.45, 2.75) is 0 Å². The van der Waals surface area contributed by atoms with Crippen LogP contribution in [0.3, 0.4) is 0 Å². The molecule has 3 aliphatic rings. The van der Waals surface area contributed by atoms with Crippen molar-refractivity contribution < 1.29 is 14.4 Å². The summed E-state index contributed by atoms with van der Waals surface area (Å²) in [6.45, 7) is 0. The lowest BCUT2D eigenvalue weighted by molar-refractivity contribution is -0.111. The monoisotopic (exact) mass is 403 g/mol. The van der Waals surface area contributed by atoms with Gasteiger partial charge in [0.2, 0.25) is 5.78 Å². The molecule has 2 heterocycles. The molecule has 2 aromatic carbocycles. The number of ketones is 2. The lowest BCUT2D eigenvalue weighted by atomic mass is 9.93. The molecule has 0 N–H and O–H groups in total. The van der Waals surface area contributed by atoms with E-state index in [-0.39, 0.29) is 11.6 Å². The first-order valence-electron chi connectivity index (χ1n) is 9.90. The van der Waals surface area contributed by atoms with Gasteiger partial charge in [-0.05, 0) is 40.5 Å². The Kier molecular flexibility index (Phi) is 4.53. The number of aldehydes is 1. The molecule has 4 heteroatoms. The number of nitrogens with zero attached hydrogens (tertiary/aromatic N) is 1. The van der Waals surface area contributed by atoms with Gasteiger partial charge >= 0.3 is 0 Å². The van der Waals surface area contributed by atoms with Crippen molar-refractivity contribution >= 4 is 29.1 Å². The van der Waals surface area contributed by atoms with E-state index in [2.05, 4.69) is 0 Å². The Labute approximate surface area is 179 Å². The first kappa shape index (κ1) is 18.7. The Balaban J connectivity index is 1.74. The summed E-state index contributed by atoms with van der Waals surface area (Å²) in [6, 6.07) is 19.2. The van der Waals surface area contributed by atoms with E-state index in [1.54, 1.807) is 29.3 Å². The molecule has 0 radical (unpaired) electrons. The first-order valence-corrected chi connectivity index (χ1v) is 9.90. The highest BCUT2D eigenvalue weighted by molar-refractivity contribution is 6.38. The molecule has 0 spiro atoms. The molecule has 4 nitrogen and oxygen atoms in total. The minimum Gasteiger partial charge on any atom is -0.312 e. The van der Waals surface area contributed by atoms with Crippen LogP contribution in [-0.2, 0) is 14.4 Å². The van der Waals surface area contributed by atoms with Crippen LogP contribution in [0.25, 0.3) is 11.3 Å². The number of carbonyl (C=O) groups excluding carboxylic acids is 3. The van der Waals surface area contributed by atoms with Gasteiger partial charge < -0.3 is 4.90 Å². The highest BCUT2D eigenvalue weighted by atomic mass is 16.1. The number of carbonyl (C=O) groups is 3. The molecule has 1 aliphatic carbocycles. The van der Waals surface area contributed by atoms with Crippen molar-refractivity contribution in [3.63, 3.8) is 0 Å². The van der Waals surface area contributed by atoms with Crippen molar-refractivity contribution in [2.24, 2.45) is 0 Å². The number of rotatable bonds is 3. The van der Waals surface area contributed by atoms with Gasteiger partial charge in [-0.15, -0.1) is 0 Å². The zero-order valence-corrected chi connectivity index (χ0v) is 16.5. The standard InChI is InChI=1S/C27H17NO3/c29-17-21-16-28-24(15-23(21)18-11-13-22(30)14-12-18)27(31)25(19-7-3-1-4-8-19)26(28)20-9-5-2-6-10-20/h1-17H. The second kappa shape index (κ2) is 7.50. The summed E-state index contributed by atoms with van der Waals surface area (Å²) in [6.07, 6.45) is 10.5. The molecule has 0 atom stereocenters. The Morgan fingerprint density at radius 2 is 1.35 bits per heavy atom. The van der Waals surface area contributed by atoms with Crippen molar-refractivity contribution in [3.05, 3.63) is 131 Å².